The molecule has 0 aromatic carbocycles. The van der Waals surface area contributed by atoms with Gasteiger partial charge in [0.1, 0.15) is 0 Å². The van der Waals surface area contributed by atoms with Gasteiger partial charge in [-0.2, -0.15) is 0 Å². The summed E-state index contributed by atoms with van der Waals surface area (Å²) in [6.07, 6.45) is 11.2. The molecule has 0 amide bonds. The van der Waals surface area contributed by atoms with Gasteiger partial charge in [-0.3, -0.25) is 0 Å². The highest BCUT2D eigenvalue weighted by atomic mass is 16.3. The van der Waals surface area contributed by atoms with Gasteiger partial charge in [-0.15, -0.1) is 0 Å². The van der Waals surface area contributed by atoms with E-state index in [1.807, 2.05) is 0 Å². The number of likely N-dealkylation sites (tertiary alicyclic amines) is 1. The third kappa shape index (κ3) is 5.34. The molecule has 0 aromatic heterocycles. The molecule has 1 aliphatic heterocycles. The molecule has 1 saturated heterocycles. The second-order valence-corrected chi connectivity index (χ2v) is 7.45. The average molecular weight is 282 g/mol. The minimum absolute atomic E-state index is 0.365. The highest BCUT2D eigenvalue weighted by Crippen LogP contribution is 2.30. The molecule has 0 radical (unpaired) electrons. The summed E-state index contributed by atoms with van der Waals surface area (Å²) < 4.78 is 0. The van der Waals surface area contributed by atoms with Gasteiger partial charge < -0.3 is 14.9 Å². The van der Waals surface area contributed by atoms with Crippen molar-refractivity contribution in [1.29, 1.82) is 0 Å². The number of nitrogens with zero attached hydrogens (tertiary/aromatic N) is 2. The first-order chi connectivity index (χ1) is 9.57. The molecule has 2 aliphatic rings. The fourth-order valence-corrected chi connectivity index (χ4v) is 3.91. The lowest BCUT2D eigenvalue weighted by Crippen LogP contribution is -2.47. The lowest BCUT2D eigenvalue weighted by Gasteiger charge is -2.40. The van der Waals surface area contributed by atoms with Crippen molar-refractivity contribution >= 4 is 0 Å². The molecule has 0 unspecified atom stereocenters. The van der Waals surface area contributed by atoms with Gasteiger partial charge in [0, 0.05) is 6.54 Å². The minimum Gasteiger partial charge on any atom is -0.389 e. The Bertz CT molecular complexity index is 266. The van der Waals surface area contributed by atoms with Crippen LogP contribution < -0.4 is 0 Å². The zero-order valence-electron chi connectivity index (χ0n) is 13.6. The maximum Gasteiger partial charge on any atom is 0.0774 e. The number of hydrogen-bond acceptors (Lipinski definition) is 3. The van der Waals surface area contributed by atoms with Gasteiger partial charge in [0.25, 0.3) is 0 Å². The van der Waals surface area contributed by atoms with E-state index in [1.54, 1.807) is 0 Å². The molecule has 1 heterocycles. The smallest absolute Gasteiger partial charge is 0.0774 e. The minimum atomic E-state index is -0.365. The predicted octanol–water partition coefficient (Wildman–Crippen LogP) is 2.74. The Morgan fingerprint density at radius 3 is 2.35 bits per heavy atom. The van der Waals surface area contributed by atoms with Gasteiger partial charge in [-0.05, 0) is 78.2 Å². The number of piperidine rings is 1. The molecule has 0 bridgehead atoms. The summed E-state index contributed by atoms with van der Waals surface area (Å²) in [6, 6.07) is 0. The van der Waals surface area contributed by atoms with Crippen LogP contribution in [0.1, 0.15) is 57.8 Å². The molecule has 1 saturated carbocycles. The van der Waals surface area contributed by atoms with Crippen LogP contribution >= 0.6 is 0 Å². The number of aliphatic hydroxyl groups is 1. The fraction of sp³-hybridized carbons (Fsp3) is 1.00. The molecule has 1 N–H and O–H groups in total. The molecule has 118 valence electrons. The van der Waals surface area contributed by atoms with Crippen molar-refractivity contribution in [3.8, 4) is 0 Å². The SMILES string of the molecule is CN(C)CCCC1CCN(CC2(O)CCCCC2)CC1. The first-order valence-corrected chi connectivity index (χ1v) is 8.67. The second-order valence-electron chi connectivity index (χ2n) is 7.45. The van der Waals surface area contributed by atoms with Gasteiger partial charge in [0.05, 0.1) is 5.60 Å². The van der Waals surface area contributed by atoms with Gasteiger partial charge in [0.2, 0.25) is 0 Å². The highest BCUT2D eigenvalue weighted by Gasteiger charge is 2.32. The van der Waals surface area contributed by atoms with Crippen molar-refractivity contribution in [2.45, 2.75) is 63.4 Å². The average Bonchev–Trinajstić information content (AvgIpc) is 2.41. The normalized spacial score (nSPS) is 25.2. The molecule has 0 aromatic rings. The Morgan fingerprint density at radius 1 is 1.10 bits per heavy atom. The van der Waals surface area contributed by atoms with E-state index < -0.39 is 0 Å². The van der Waals surface area contributed by atoms with Crippen LogP contribution in [-0.2, 0) is 0 Å². The molecular formula is C17H34N2O. The van der Waals surface area contributed by atoms with Crippen LogP contribution in [0.4, 0.5) is 0 Å². The lowest BCUT2D eigenvalue weighted by molar-refractivity contribution is -0.0329. The zero-order valence-corrected chi connectivity index (χ0v) is 13.6. The maximum absolute atomic E-state index is 10.6. The summed E-state index contributed by atoms with van der Waals surface area (Å²) in [5, 5.41) is 10.6. The van der Waals surface area contributed by atoms with Gasteiger partial charge in [0.15, 0.2) is 0 Å². The van der Waals surface area contributed by atoms with Crippen LogP contribution in [0.15, 0.2) is 0 Å². The van der Waals surface area contributed by atoms with Crippen molar-refractivity contribution in [2.24, 2.45) is 5.92 Å². The van der Waals surface area contributed by atoms with Crippen LogP contribution in [0.2, 0.25) is 0 Å². The van der Waals surface area contributed by atoms with E-state index >= 15 is 0 Å². The van der Waals surface area contributed by atoms with Gasteiger partial charge in [-0.25, -0.2) is 0 Å². The molecule has 1 aliphatic carbocycles. The van der Waals surface area contributed by atoms with E-state index in [0.29, 0.717) is 0 Å². The van der Waals surface area contributed by atoms with E-state index in [0.717, 1.165) is 25.3 Å². The summed E-state index contributed by atoms with van der Waals surface area (Å²) >= 11 is 0. The summed E-state index contributed by atoms with van der Waals surface area (Å²) in [6.45, 7) is 4.56. The summed E-state index contributed by atoms with van der Waals surface area (Å²) in [5.41, 5.74) is -0.365. The highest BCUT2D eigenvalue weighted by molar-refractivity contribution is 4.87. The molecule has 2 rings (SSSR count). The monoisotopic (exact) mass is 282 g/mol. The van der Waals surface area contributed by atoms with Crippen LogP contribution in [0.5, 0.6) is 0 Å². The van der Waals surface area contributed by atoms with E-state index in [2.05, 4.69) is 23.9 Å². The Balaban J connectivity index is 1.63. The van der Waals surface area contributed by atoms with E-state index in [4.69, 9.17) is 0 Å². The fourth-order valence-electron chi connectivity index (χ4n) is 3.91. The molecule has 2 fully saturated rings. The summed E-state index contributed by atoms with van der Waals surface area (Å²) in [5.74, 6) is 0.923. The third-order valence-electron chi connectivity index (χ3n) is 5.23. The van der Waals surface area contributed by atoms with Crippen LogP contribution in [-0.4, -0.2) is 60.8 Å². The van der Waals surface area contributed by atoms with Crippen LogP contribution in [0.25, 0.3) is 0 Å². The number of hydrogen-bond donors (Lipinski definition) is 1. The maximum atomic E-state index is 10.6. The second kappa shape index (κ2) is 7.77. The van der Waals surface area contributed by atoms with Crippen molar-refractivity contribution in [3.63, 3.8) is 0 Å². The Kier molecular flexibility index (Phi) is 6.31. The number of β-amino-alcohol motifs (C(OH)–C–C–N with tert-alkyl or cyclic N) is 1. The topological polar surface area (TPSA) is 26.7 Å². The first-order valence-electron chi connectivity index (χ1n) is 8.67. The predicted molar refractivity (Wildman–Crippen MR) is 85.0 cm³/mol. The quantitative estimate of drug-likeness (QED) is 0.811. The third-order valence-corrected chi connectivity index (χ3v) is 5.23. The Hall–Kier alpha value is -0.120. The Labute approximate surface area is 125 Å². The van der Waals surface area contributed by atoms with Crippen LogP contribution in [0, 0.1) is 5.92 Å². The number of rotatable bonds is 6. The van der Waals surface area contributed by atoms with Crippen molar-refractivity contribution < 1.29 is 5.11 Å². The summed E-state index contributed by atoms with van der Waals surface area (Å²) in [7, 11) is 4.32. The van der Waals surface area contributed by atoms with E-state index in [-0.39, 0.29) is 5.60 Å². The first kappa shape index (κ1) is 16.3. The van der Waals surface area contributed by atoms with Crippen molar-refractivity contribution in [1.82, 2.24) is 9.80 Å². The molecule has 3 heteroatoms. The molecule has 20 heavy (non-hydrogen) atoms. The summed E-state index contributed by atoms with van der Waals surface area (Å²) in [4.78, 5) is 4.81. The lowest BCUT2D eigenvalue weighted by atomic mass is 9.83. The molecular weight excluding hydrogens is 248 g/mol. The van der Waals surface area contributed by atoms with Gasteiger partial charge >= 0.3 is 0 Å². The van der Waals surface area contributed by atoms with Crippen LogP contribution in [0.3, 0.4) is 0 Å². The van der Waals surface area contributed by atoms with Crippen molar-refractivity contribution in [2.75, 3.05) is 40.3 Å². The standard InChI is InChI=1S/C17H34N2O/c1-18(2)12-6-7-16-8-13-19(14-9-16)15-17(20)10-4-3-5-11-17/h16,20H,3-15H2,1-2H3. The molecule has 0 spiro atoms. The van der Waals surface area contributed by atoms with Crippen molar-refractivity contribution in [3.05, 3.63) is 0 Å². The Morgan fingerprint density at radius 2 is 1.75 bits per heavy atom. The van der Waals surface area contributed by atoms with E-state index in [1.165, 1.54) is 64.6 Å². The molecule has 0 atom stereocenters. The zero-order chi connectivity index (χ0) is 14.4. The molecule has 3 nitrogen and oxygen atoms in total. The van der Waals surface area contributed by atoms with Gasteiger partial charge in [-0.1, -0.05) is 19.3 Å². The largest absolute Gasteiger partial charge is 0.389 e. The van der Waals surface area contributed by atoms with E-state index in [9.17, 15) is 5.11 Å².